The second-order valence-electron chi connectivity index (χ2n) is 6.87. The first kappa shape index (κ1) is 23.6. The van der Waals surface area contributed by atoms with Gasteiger partial charge in [-0.1, -0.05) is 17.7 Å². The Labute approximate surface area is 192 Å². The predicted molar refractivity (Wildman–Crippen MR) is 120 cm³/mol. The van der Waals surface area contributed by atoms with E-state index in [2.05, 4.69) is 10.4 Å². The number of carbonyl (C=O) groups excluding carboxylic acids is 2. The number of amides is 1. The maximum absolute atomic E-state index is 13.1. The standard InChI is InChI=1S/C22H18ClFN4O5/c1-13-18(4-3-5-19(13)28(31)32)25-20(29)12-33-21(30)11-10-17-14(2)26-27(22(17)23)16-8-6-15(24)7-9-16/h3-11H,12H2,1-2H3,(H,25,29)/b11-10+. The van der Waals surface area contributed by atoms with Crippen LogP contribution < -0.4 is 5.32 Å². The summed E-state index contributed by atoms with van der Waals surface area (Å²) in [6, 6.07) is 9.83. The molecule has 0 bridgehead atoms. The first-order valence-corrected chi connectivity index (χ1v) is 9.95. The van der Waals surface area contributed by atoms with Gasteiger partial charge < -0.3 is 10.1 Å². The van der Waals surface area contributed by atoms with Crippen LogP contribution in [0.3, 0.4) is 0 Å². The number of aryl methyl sites for hydroxylation is 1. The van der Waals surface area contributed by atoms with Crippen LogP contribution in [0, 0.1) is 29.8 Å². The minimum atomic E-state index is -0.800. The lowest BCUT2D eigenvalue weighted by atomic mass is 10.1. The van der Waals surface area contributed by atoms with Crippen molar-refractivity contribution in [3.63, 3.8) is 0 Å². The van der Waals surface area contributed by atoms with Crippen LogP contribution in [0.4, 0.5) is 15.8 Å². The second kappa shape index (κ2) is 10.0. The van der Waals surface area contributed by atoms with Crippen LogP contribution in [0.1, 0.15) is 16.8 Å². The Bertz CT molecular complexity index is 1250. The Morgan fingerprint density at radius 2 is 1.94 bits per heavy atom. The Balaban J connectivity index is 1.62. The van der Waals surface area contributed by atoms with Crippen LogP contribution in [-0.2, 0) is 14.3 Å². The molecule has 0 aliphatic carbocycles. The van der Waals surface area contributed by atoms with E-state index < -0.39 is 29.2 Å². The Hall–Kier alpha value is -4.05. The van der Waals surface area contributed by atoms with E-state index in [-0.39, 0.29) is 22.1 Å². The van der Waals surface area contributed by atoms with E-state index in [4.69, 9.17) is 16.3 Å². The van der Waals surface area contributed by atoms with Crippen molar-refractivity contribution in [3.05, 3.63) is 86.4 Å². The number of nitrogens with zero attached hydrogens (tertiary/aromatic N) is 3. The molecule has 1 heterocycles. The molecule has 1 amide bonds. The lowest BCUT2D eigenvalue weighted by Gasteiger charge is -2.08. The Morgan fingerprint density at radius 1 is 1.24 bits per heavy atom. The number of ether oxygens (including phenoxy) is 1. The first-order valence-electron chi connectivity index (χ1n) is 9.57. The third-order valence-electron chi connectivity index (χ3n) is 4.63. The third-order valence-corrected chi connectivity index (χ3v) is 4.99. The largest absolute Gasteiger partial charge is 0.452 e. The molecule has 0 aliphatic rings. The molecule has 3 rings (SSSR count). The number of aromatic nitrogens is 2. The van der Waals surface area contributed by atoms with E-state index in [1.165, 1.54) is 60.1 Å². The van der Waals surface area contributed by atoms with Gasteiger partial charge in [-0.2, -0.15) is 5.10 Å². The summed E-state index contributed by atoms with van der Waals surface area (Å²) in [5, 5.41) is 18.0. The quantitative estimate of drug-likeness (QED) is 0.236. The smallest absolute Gasteiger partial charge is 0.331 e. The summed E-state index contributed by atoms with van der Waals surface area (Å²) in [6.45, 7) is 2.60. The predicted octanol–water partition coefficient (Wildman–Crippen LogP) is 4.38. The van der Waals surface area contributed by atoms with Gasteiger partial charge in [0, 0.05) is 17.7 Å². The average molecular weight is 473 g/mol. The van der Waals surface area contributed by atoms with E-state index in [0.717, 1.165) is 6.08 Å². The Morgan fingerprint density at radius 3 is 2.61 bits per heavy atom. The number of hydrogen-bond donors (Lipinski definition) is 1. The van der Waals surface area contributed by atoms with Gasteiger partial charge in [-0.05, 0) is 50.3 Å². The van der Waals surface area contributed by atoms with Crippen LogP contribution in [0.2, 0.25) is 5.15 Å². The molecular weight excluding hydrogens is 455 g/mol. The van der Waals surface area contributed by atoms with Crippen molar-refractivity contribution in [2.24, 2.45) is 0 Å². The van der Waals surface area contributed by atoms with Crippen molar-refractivity contribution in [3.8, 4) is 5.69 Å². The number of esters is 1. The summed E-state index contributed by atoms with van der Waals surface area (Å²) in [5.41, 5.74) is 1.91. The monoisotopic (exact) mass is 472 g/mol. The van der Waals surface area contributed by atoms with Crippen molar-refractivity contribution in [2.75, 3.05) is 11.9 Å². The van der Waals surface area contributed by atoms with Crippen molar-refractivity contribution < 1.29 is 23.6 Å². The van der Waals surface area contributed by atoms with Crippen LogP contribution in [0.25, 0.3) is 11.8 Å². The normalized spacial score (nSPS) is 10.9. The second-order valence-corrected chi connectivity index (χ2v) is 7.23. The molecule has 2 aromatic carbocycles. The molecule has 11 heteroatoms. The molecule has 0 saturated carbocycles. The summed E-state index contributed by atoms with van der Waals surface area (Å²) in [6.07, 6.45) is 2.49. The molecule has 1 aromatic heterocycles. The number of benzene rings is 2. The van der Waals surface area contributed by atoms with Crippen LogP contribution in [0.5, 0.6) is 0 Å². The lowest BCUT2D eigenvalue weighted by molar-refractivity contribution is -0.385. The molecule has 9 nitrogen and oxygen atoms in total. The van der Waals surface area contributed by atoms with E-state index in [0.29, 0.717) is 16.9 Å². The summed E-state index contributed by atoms with van der Waals surface area (Å²) in [7, 11) is 0. The highest BCUT2D eigenvalue weighted by Gasteiger charge is 2.16. The molecule has 33 heavy (non-hydrogen) atoms. The number of nitro groups is 1. The number of carbonyl (C=O) groups is 2. The van der Waals surface area contributed by atoms with Gasteiger partial charge in [-0.3, -0.25) is 14.9 Å². The molecule has 0 radical (unpaired) electrons. The van der Waals surface area contributed by atoms with E-state index in [1.54, 1.807) is 6.92 Å². The maximum atomic E-state index is 13.1. The van der Waals surface area contributed by atoms with Gasteiger partial charge in [-0.25, -0.2) is 13.9 Å². The van der Waals surface area contributed by atoms with Gasteiger partial charge in [0.25, 0.3) is 11.6 Å². The summed E-state index contributed by atoms with van der Waals surface area (Å²) in [4.78, 5) is 34.5. The van der Waals surface area contributed by atoms with E-state index >= 15 is 0 Å². The zero-order chi connectivity index (χ0) is 24.1. The molecule has 1 N–H and O–H groups in total. The zero-order valence-electron chi connectivity index (χ0n) is 17.5. The highest BCUT2D eigenvalue weighted by atomic mass is 35.5. The summed E-state index contributed by atoms with van der Waals surface area (Å²) in [5.74, 6) is -1.85. The minimum Gasteiger partial charge on any atom is -0.452 e. The van der Waals surface area contributed by atoms with Gasteiger partial charge in [0.05, 0.1) is 27.6 Å². The molecule has 0 atom stereocenters. The SMILES string of the molecule is Cc1nn(-c2ccc(F)cc2)c(Cl)c1/C=C/C(=O)OCC(=O)Nc1cccc([N+](=O)[O-])c1C. The molecule has 0 spiro atoms. The van der Waals surface area contributed by atoms with E-state index in [1.807, 2.05) is 0 Å². The molecule has 3 aromatic rings. The number of nitrogens with one attached hydrogen (secondary N) is 1. The van der Waals surface area contributed by atoms with Crippen LogP contribution >= 0.6 is 11.6 Å². The maximum Gasteiger partial charge on any atom is 0.331 e. The summed E-state index contributed by atoms with van der Waals surface area (Å²) >= 11 is 6.35. The molecule has 170 valence electrons. The molecule has 0 fully saturated rings. The fraction of sp³-hybridized carbons (Fsp3) is 0.136. The third kappa shape index (κ3) is 5.60. The number of nitro benzene ring substituents is 1. The molecule has 0 saturated heterocycles. The van der Waals surface area contributed by atoms with Crippen molar-refractivity contribution >= 4 is 40.9 Å². The number of anilines is 1. The average Bonchev–Trinajstić information content (AvgIpc) is 3.06. The molecule has 0 unspecified atom stereocenters. The fourth-order valence-electron chi connectivity index (χ4n) is 2.93. The highest BCUT2D eigenvalue weighted by Crippen LogP contribution is 2.26. The lowest BCUT2D eigenvalue weighted by Crippen LogP contribution is -2.20. The summed E-state index contributed by atoms with van der Waals surface area (Å²) < 4.78 is 19.5. The Kier molecular flexibility index (Phi) is 7.19. The highest BCUT2D eigenvalue weighted by molar-refractivity contribution is 6.31. The van der Waals surface area contributed by atoms with Gasteiger partial charge in [-0.15, -0.1) is 0 Å². The van der Waals surface area contributed by atoms with Gasteiger partial charge in [0.2, 0.25) is 0 Å². The van der Waals surface area contributed by atoms with Gasteiger partial charge in [0.15, 0.2) is 6.61 Å². The van der Waals surface area contributed by atoms with Crippen molar-refractivity contribution in [1.29, 1.82) is 0 Å². The van der Waals surface area contributed by atoms with Crippen molar-refractivity contribution in [2.45, 2.75) is 13.8 Å². The minimum absolute atomic E-state index is 0.138. The number of halogens is 2. The van der Waals surface area contributed by atoms with Crippen LogP contribution in [0.15, 0.2) is 48.5 Å². The first-order chi connectivity index (χ1) is 15.7. The van der Waals surface area contributed by atoms with Gasteiger partial charge in [0.1, 0.15) is 11.0 Å². The van der Waals surface area contributed by atoms with Crippen molar-refractivity contribution in [1.82, 2.24) is 9.78 Å². The molecular formula is C22H18ClFN4O5. The zero-order valence-corrected chi connectivity index (χ0v) is 18.3. The van der Waals surface area contributed by atoms with Gasteiger partial charge >= 0.3 is 5.97 Å². The van der Waals surface area contributed by atoms with E-state index in [9.17, 15) is 24.1 Å². The number of hydrogen-bond acceptors (Lipinski definition) is 6. The molecule has 0 aliphatic heterocycles. The topological polar surface area (TPSA) is 116 Å². The number of rotatable bonds is 7. The fourth-order valence-corrected chi connectivity index (χ4v) is 3.27. The van der Waals surface area contributed by atoms with Crippen LogP contribution in [-0.4, -0.2) is 33.2 Å².